The van der Waals surface area contributed by atoms with Crippen molar-refractivity contribution in [1.29, 1.82) is 0 Å². The molecule has 0 atom stereocenters. The molecule has 1 amide bonds. The highest BCUT2D eigenvalue weighted by molar-refractivity contribution is 6.34. The van der Waals surface area contributed by atoms with E-state index >= 15 is 0 Å². The molecule has 0 aliphatic carbocycles. The zero-order valence-electron chi connectivity index (χ0n) is 10.5. The van der Waals surface area contributed by atoms with Crippen molar-refractivity contribution in [2.24, 2.45) is 0 Å². The Labute approximate surface area is 119 Å². The molecule has 0 aliphatic rings. The van der Waals surface area contributed by atoms with Crippen molar-refractivity contribution < 1.29 is 14.3 Å². The highest BCUT2D eigenvalue weighted by Gasteiger charge is 2.12. The summed E-state index contributed by atoms with van der Waals surface area (Å²) in [5.74, 6) is -0.831. The molecule has 8 heteroatoms. The number of hydrogen-bond acceptors (Lipinski definition) is 5. The number of aromatic nitrogens is 3. The number of nitrogens with one attached hydrogen (secondary N) is 1. The molecule has 2 aromatic rings. The lowest BCUT2D eigenvalue weighted by molar-refractivity contribution is -0.141. The van der Waals surface area contributed by atoms with Crippen LogP contribution in [-0.4, -0.2) is 33.8 Å². The van der Waals surface area contributed by atoms with Gasteiger partial charge >= 0.3 is 5.97 Å². The molecule has 0 fully saturated rings. The molecule has 0 saturated heterocycles. The molecule has 0 spiro atoms. The number of nitrogens with zero attached hydrogens (tertiary/aromatic N) is 3. The van der Waals surface area contributed by atoms with Gasteiger partial charge in [0.1, 0.15) is 6.54 Å². The lowest BCUT2D eigenvalue weighted by Gasteiger charge is -2.03. The van der Waals surface area contributed by atoms with Gasteiger partial charge < -0.3 is 10.1 Å². The molecule has 0 aromatic carbocycles. The standard InChI is InChI=1S/C12H11ClN4O3/c1-20-11(18)7-17-6-8(4-15-17)16-12(19)9-5-14-3-2-10(9)13/h2-6H,7H2,1H3,(H,16,19). The highest BCUT2D eigenvalue weighted by atomic mass is 35.5. The average molecular weight is 295 g/mol. The number of anilines is 1. The zero-order chi connectivity index (χ0) is 14.5. The van der Waals surface area contributed by atoms with Gasteiger partial charge in [-0.25, -0.2) is 0 Å². The van der Waals surface area contributed by atoms with Crippen molar-refractivity contribution in [2.45, 2.75) is 6.54 Å². The lowest BCUT2D eigenvalue weighted by atomic mass is 10.2. The van der Waals surface area contributed by atoms with Gasteiger partial charge in [0.2, 0.25) is 0 Å². The van der Waals surface area contributed by atoms with Crippen molar-refractivity contribution in [3.63, 3.8) is 0 Å². The predicted octanol–water partition coefficient (Wildman–Crippen LogP) is 1.36. The summed E-state index contributed by atoms with van der Waals surface area (Å²) in [6, 6.07) is 1.52. The Morgan fingerprint density at radius 3 is 2.95 bits per heavy atom. The molecule has 2 aromatic heterocycles. The zero-order valence-corrected chi connectivity index (χ0v) is 11.3. The van der Waals surface area contributed by atoms with E-state index in [1.54, 1.807) is 0 Å². The monoisotopic (exact) mass is 294 g/mol. The number of esters is 1. The smallest absolute Gasteiger partial charge is 0.327 e. The maximum Gasteiger partial charge on any atom is 0.327 e. The van der Waals surface area contributed by atoms with Gasteiger partial charge in [-0.05, 0) is 6.07 Å². The largest absolute Gasteiger partial charge is 0.468 e. The van der Waals surface area contributed by atoms with E-state index < -0.39 is 11.9 Å². The minimum absolute atomic E-state index is 0.0278. The van der Waals surface area contributed by atoms with E-state index in [-0.39, 0.29) is 12.1 Å². The van der Waals surface area contributed by atoms with Gasteiger partial charge in [-0.2, -0.15) is 5.10 Å². The molecule has 0 radical (unpaired) electrons. The number of amides is 1. The topological polar surface area (TPSA) is 86.1 Å². The fourth-order valence-corrected chi connectivity index (χ4v) is 1.65. The van der Waals surface area contributed by atoms with Crippen LogP contribution in [0.2, 0.25) is 5.02 Å². The molecule has 2 rings (SSSR count). The van der Waals surface area contributed by atoms with Crippen LogP contribution in [0, 0.1) is 0 Å². The number of rotatable bonds is 4. The SMILES string of the molecule is COC(=O)Cn1cc(NC(=O)c2cnccc2Cl)cn1. The number of ether oxygens (including phenoxy) is 1. The summed E-state index contributed by atoms with van der Waals surface area (Å²) in [5, 5.41) is 6.84. The fraction of sp³-hybridized carbons (Fsp3) is 0.167. The number of pyridine rings is 1. The molecular formula is C12H11ClN4O3. The summed E-state index contributed by atoms with van der Waals surface area (Å²) in [5.41, 5.74) is 0.703. The third kappa shape index (κ3) is 3.33. The number of methoxy groups -OCH3 is 1. The second kappa shape index (κ2) is 6.16. The van der Waals surface area contributed by atoms with E-state index in [1.807, 2.05) is 0 Å². The average Bonchev–Trinajstić information content (AvgIpc) is 2.86. The molecule has 2 heterocycles. The normalized spacial score (nSPS) is 10.1. The first-order valence-electron chi connectivity index (χ1n) is 5.60. The fourth-order valence-electron chi connectivity index (χ4n) is 1.45. The number of carbonyl (C=O) groups excluding carboxylic acids is 2. The molecule has 20 heavy (non-hydrogen) atoms. The Morgan fingerprint density at radius 2 is 2.25 bits per heavy atom. The third-order valence-electron chi connectivity index (χ3n) is 2.42. The van der Waals surface area contributed by atoms with Crippen LogP contribution in [0.1, 0.15) is 10.4 Å². The maximum atomic E-state index is 12.0. The highest BCUT2D eigenvalue weighted by Crippen LogP contribution is 2.15. The Hall–Kier alpha value is -2.41. The molecule has 104 valence electrons. The summed E-state index contributed by atoms with van der Waals surface area (Å²) < 4.78 is 5.87. The van der Waals surface area contributed by atoms with Crippen LogP contribution in [0.25, 0.3) is 0 Å². The Bertz CT molecular complexity index is 641. The van der Waals surface area contributed by atoms with Crippen LogP contribution in [0.4, 0.5) is 5.69 Å². The molecule has 1 N–H and O–H groups in total. The summed E-state index contributed by atoms with van der Waals surface area (Å²) in [6.07, 6.45) is 5.80. The summed E-state index contributed by atoms with van der Waals surface area (Å²) >= 11 is 5.90. The minimum atomic E-state index is -0.429. The Balaban J connectivity index is 2.05. The second-order valence-electron chi connectivity index (χ2n) is 3.81. The maximum absolute atomic E-state index is 12.0. The third-order valence-corrected chi connectivity index (χ3v) is 2.75. The first-order valence-corrected chi connectivity index (χ1v) is 5.98. The van der Waals surface area contributed by atoms with E-state index in [4.69, 9.17) is 11.6 Å². The molecule has 0 saturated carbocycles. The quantitative estimate of drug-likeness (QED) is 0.860. The van der Waals surface area contributed by atoms with Crippen LogP contribution in [0.3, 0.4) is 0 Å². The van der Waals surface area contributed by atoms with Crippen molar-refractivity contribution >= 4 is 29.2 Å². The first kappa shape index (κ1) is 14.0. The van der Waals surface area contributed by atoms with Crippen LogP contribution in [0.15, 0.2) is 30.9 Å². The van der Waals surface area contributed by atoms with Crippen LogP contribution >= 0.6 is 11.6 Å². The summed E-state index contributed by atoms with van der Waals surface area (Å²) in [6.45, 7) is -0.0278. The van der Waals surface area contributed by atoms with E-state index in [2.05, 4.69) is 20.1 Å². The number of carbonyl (C=O) groups is 2. The van der Waals surface area contributed by atoms with Crippen LogP contribution in [0.5, 0.6) is 0 Å². The van der Waals surface area contributed by atoms with Crippen molar-refractivity contribution in [2.75, 3.05) is 12.4 Å². The first-order chi connectivity index (χ1) is 9.60. The van der Waals surface area contributed by atoms with Gasteiger partial charge in [0.25, 0.3) is 5.91 Å². The molecule has 0 unspecified atom stereocenters. The van der Waals surface area contributed by atoms with Gasteiger partial charge in [-0.15, -0.1) is 0 Å². The van der Waals surface area contributed by atoms with Gasteiger partial charge in [-0.3, -0.25) is 19.3 Å². The van der Waals surface area contributed by atoms with E-state index in [0.717, 1.165) is 0 Å². The Morgan fingerprint density at radius 1 is 1.45 bits per heavy atom. The minimum Gasteiger partial charge on any atom is -0.468 e. The number of halogens is 1. The van der Waals surface area contributed by atoms with Crippen molar-refractivity contribution in [3.05, 3.63) is 41.4 Å². The summed E-state index contributed by atoms with van der Waals surface area (Å²) in [4.78, 5) is 26.9. The van der Waals surface area contributed by atoms with Gasteiger partial charge in [-0.1, -0.05) is 11.6 Å². The molecule has 7 nitrogen and oxygen atoms in total. The summed E-state index contributed by atoms with van der Waals surface area (Å²) in [7, 11) is 1.29. The van der Waals surface area contributed by atoms with E-state index in [9.17, 15) is 9.59 Å². The lowest BCUT2D eigenvalue weighted by Crippen LogP contribution is -2.13. The van der Waals surface area contributed by atoms with Crippen LogP contribution < -0.4 is 5.32 Å². The van der Waals surface area contributed by atoms with E-state index in [0.29, 0.717) is 10.7 Å². The Kier molecular flexibility index (Phi) is 4.31. The van der Waals surface area contributed by atoms with Crippen LogP contribution in [-0.2, 0) is 16.1 Å². The van der Waals surface area contributed by atoms with Crippen molar-refractivity contribution in [3.8, 4) is 0 Å². The van der Waals surface area contributed by atoms with Gasteiger partial charge in [0.15, 0.2) is 0 Å². The predicted molar refractivity (Wildman–Crippen MR) is 71.4 cm³/mol. The number of hydrogen-bond donors (Lipinski definition) is 1. The molecule has 0 bridgehead atoms. The van der Waals surface area contributed by atoms with Crippen molar-refractivity contribution in [1.82, 2.24) is 14.8 Å². The molecular weight excluding hydrogens is 284 g/mol. The van der Waals surface area contributed by atoms with E-state index in [1.165, 1.54) is 42.6 Å². The second-order valence-corrected chi connectivity index (χ2v) is 4.22. The van der Waals surface area contributed by atoms with Gasteiger partial charge in [0, 0.05) is 18.6 Å². The molecule has 0 aliphatic heterocycles. The van der Waals surface area contributed by atoms with Gasteiger partial charge in [0.05, 0.1) is 29.6 Å².